The van der Waals surface area contributed by atoms with Gasteiger partial charge in [0.2, 0.25) is 0 Å². The Hall–Kier alpha value is -1.05. The molecule has 0 spiro atoms. The van der Waals surface area contributed by atoms with Crippen molar-refractivity contribution in [3.8, 4) is 0 Å². The van der Waals surface area contributed by atoms with E-state index < -0.39 is 11.3 Å². The molecule has 0 aromatic carbocycles. The summed E-state index contributed by atoms with van der Waals surface area (Å²) in [6.07, 6.45) is 4.80. The first kappa shape index (κ1) is 35.8. The molecule has 2 heterocycles. The normalized spacial score (nSPS) is 40.1. The molecule has 0 radical (unpaired) electrons. The summed E-state index contributed by atoms with van der Waals surface area (Å²) in [6, 6.07) is 0. The van der Waals surface area contributed by atoms with Gasteiger partial charge in [0.15, 0.2) is 0 Å². The number of esters is 2. The van der Waals surface area contributed by atoms with E-state index >= 15 is 0 Å². The Bertz CT molecular complexity index is 885. The molecule has 11 nitrogen and oxygen atoms in total. The Labute approximate surface area is 268 Å². The molecule has 11 atom stereocenters. The minimum absolute atomic E-state index is 0.137. The summed E-state index contributed by atoms with van der Waals surface area (Å²) in [4.78, 5) is 31.5. The maximum atomic E-state index is 13.5. The van der Waals surface area contributed by atoms with Crippen LogP contribution in [0.1, 0.15) is 57.8 Å². The van der Waals surface area contributed by atoms with Crippen LogP contribution in [0.3, 0.4) is 0 Å². The lowest BCUT2D eigenvalue weighted by Gasteiger charge is -2.39. The monoisotopic (exact) mass is 646 g/mol. The number of nitrogens with zero attached hydrogens (tertiary/aromatic N) is 2. The van der Waals surface area contributed by atoms with Gasteiger partial charge in [-0.25, -0.2) is 0 Å². The highest BCUT2D eigenvalue weighted by Crippen LogP contribution is 2.34. The number of carbonyl (C=O) groups is 2. The van der Waals surface area contributed by atoms with Gasteiger partial charge in [-0.05, 0) is 70.9 Å². The Morgan fingerprint density at radius 1 is 0.750 bits per heavy atom. The van der Waals surface area contributed by atoms with Crippen LogP contribution in [0.2, 0.25) is 0 Å². The molecule has 4 rings (SSSR count). The third-order valence-electron chi connectivity index (χ3n) is 9.98. The van der Waals surface area contributed by atoms with Crippen molar-refractivity contribution in [2.75, 3.05) is 80.9 Å². The molecule has 254 valence electrons. The molecule has 4 fully saturated rings. The highest BCUT2D eigenvalue weighted by atomic mass is 35.5. The number of carbonyl (C=O) groups excluding carboxylic acids is 2. The largest absolute Gasteiger partial charge is 0.465 e. The quantitative estimate of drug-likeness (QED) is 0.314. The van der Waals surface area contributed by atoms with Crippen molar-refractivity contribution in [2.45, 2.75) is 99.8 Å². The number of fused-ring (bicyclic) bond motifs is 5. The number of hydrogen-bond donors (Lipinski definition) is 0. The van der Waals surface area contributed by atoms with E-state index in [4.69, 9.17) is 44.8 Å². The summed E-state index contributed by atoms with van der Waals surface area (Å²) < 4.78 is 41.0. The van der Waals surface area contributed by atoms with Crippen LogP contribution in [-0.2, 0) is 42.7 Å². The molecule has 12 heteroatoms. The van der Waals surface area contributed by atoms with Crippen LogP contribution in [-0.4, -0.2) is 145 Å². The fourth-order valence-corrected chi connectivity index (χ4v) is 7.87. The number of methoxy groups -OCH3 is 4. The second-order valence-electron chi connectivity index (χ2n) is 12.7. The molecule has 4 aliphatic rings. The molecular formula is C32H55ClN2O9. The van der Waals surface area contributed by atoms with Crippen molar-refractivity contribution in [3.63, 3.8) is 0 Å². The second kappa shape index (κ2) is 18.3. The Morgan fingerprint density at radius 2 is 1.45 bits per heavy atom. The van der Waals surface area contributed by atoms with Gasteiger partial charge < -0.3 is 43.0 Å². The summed E-state index contributed by atoms with van der Waals surface area (Å²) >= 11 is 6.77. The number of alkyl halides is 1. The van der Waals surface area contributed by atoms with E-state index in [-0.39, 0.29) is 54.5 Å². The van der Waals surface area contributed by atoms with E-state index in [2.05, 4.69) is 9.80 Å². The predicted octanol–water partition coefficient (Wildman–Crippen LogP) is 2.90. The number of ether oxygens (including phenoxy) is 7. The van der Waals surface area contributed by atoms with Crippen molar-refractivity contribution in [1.82, 2.24) is 9.80 Å². The van der Waals surface area contributed by atoms with E-state index in [1.807, 2.05) is 0 Å². The molecule has 0 aromatic heterocycles. The minimum atomic E-state index is -0.514. The molecule has 2 saturated heterocycles. The summed E-state index contributed by atoms with van der Waals surface area (Å²) in [5.41, 5.74) is 0. The first-order chi connectivity index (χ1) is 21.4. The first-order valence-corrected chi connectivity index (χ1v) is 17.0. The van der Waals surface area contributed by atoms with Gasteiger partial charge in [-0.1, -0.05) is 0 Å². The van der Waals surface area contributed by atoms with E-state index in [0.29, 0.717) is 51.7 Å². The van der Waals surface area contributed by atoms with Crippen LogP contribution in [0.4, 0.5) is 0 Å². The fourth-order valence-electron chi connectivity index (χ4n) is 7.37. The Kier molecular flexibility index (Phi) is 14.9. The van der Waals surface area contributed by atoms with Crippen LogP contribution in [0.25, 0.3) is 0 Å². The average Bonchev–Trinajstić information content (AvgIpc) is 3.27. The second-order valence-corrected chi connectivity index (χ2v) is 13.2. The highest BCUT2D eigenvalue weighted by Gasteiger charge is 2.44. The molecule has 4 bridgehead atoms. The van der Waals surface area contributed by atoms with Crippen molar-refractivity contribution < 1.29 is 42.7 Å². The van der Waals surface area contributed by atoms with Gasteiger partial charge >= 0.3 is 11.9 Å². The van der Waals surface area contributed by atoms with Gasteiger partial charge in [-0.2, -0.15) is 0 Å². The maximum absolute atomic E-state index is 13.5. The lowest BCUT2D eigenvalue weighted by atomic mass is 9.83. The van der Waals surface area contributed by atoms with E-state index in [9.17, 15) is 9.59 Å². The molecule has 44 heavy (non-hydrogen) atoms. The third-order valence-corrected chi connectivity index (χ3v) is 10.5. The SMILES string of the molecule is COC1CC2CC(OCCCC(OC(=O)C3CCC(OC)C(OC)C3Cl)CCN3CCCN(CCCOC2=O)CC3)C1OC. The van der Waals surface area contributed by atoms with E-state index in [0.717, 1.165) is 58.5 Å². The van der Waals surface area contributed by atoms with Gasteiger partial charge in [-0.15, -0.1) is 11.6 Å². The van der Waals surface area contributed by atoms with Crippen molar-refractivity contribution >= 4 is 23.5 Å². The van der Waals surface area contributed by atoms with Gasteiger partial charge in [0.05, 0.1) is 42.1 Å². The van der Waals surface area contributed by atoms with Crippen LogP contribution in [0.5, 0.6) is 0 Å². The summed E-state index contributed by atoms with van der Waals surface area (Å²) in [7, 11) is 6.56. The highest BCUT2D eigenvalue weighted by molar-refractivity contribution is 6.22. The zero-order valence-electron chi connectivity index (χ0n) is 27.2. The first-order valence-electron chi connectivity index (χ1n) is 16.6. The predicted molar refractivity (Wildman–Crippen MR) is 165 cm³/mol. The lowest BCUT2D eigenvalue weighted by molar-refractivity contribution is -0.172. The Balaban J connectivity index is 1.44. The van der Waals surface area contributed by atoms with Crippen LogP contribution in [0, 0.1) is 11.8 Å². The molecule has 2 aliphatic heterocycles. The van der Waals surface area contributed by atoms with Crippen LogP contribution >= 0.6 is 11.6 Å². The topological polar surface area (TPSA) is 105 Å². The number of cyclic esters (lactones) is 1. The standard InChI is InChI=1S/C32H55ClN2O9/c1-38-25-10-9-24(28(33)30(25)41-4)32(37)44-23-8-5-18-42-27-21-22(20-26(39-2)29(27)40-3)31(36)43-19-7-14-34-12-6-13-35(15-11-23)17-16-34/h22-30H,5-21H2,1-4H3. The van der Waals surface area contributed by atoms with Gasteiger partial charge in [0.25, 0.3) is 0 Å². The van der Waals surface area contributed by atoms with Crippen LogP contribution < -0.4 is 0 Å². The maximum Gasteiger partial charge on any atom is 0.310 e. The summed E-state index contributed by atoms with van der Waals surface area (Å²) in [6.45, 7) is 6.61. The van der Waals surface area contributed by atoms with Gasteiger partial charge in [-0.3, -0.25) is 9.59 Å². The van der Waals surface area contributed by atoms with Gasteiger partial charge in [0.1, 0.15) is 18.3 Å². The molecule has 2 saturated carbocycles. The molecule has 0 amide bonds. The Morgan fingerprint density at radius 3 is 2.16 bits per heavy atom. The van der Waals surface area contributed by atoms with Gasteiger partial charge in [0, 0.05) is 61.2 Å². The number of halogens is 1. The van der Waals surface area contributed by atoms with E-state index in [1.54, 1.807) is 28.4 Å². The summed E-state index contributed by atoms with van der Waals surface area (Å²) in [5.74, 6) is -1.19. The minimum Gasteiger partial charge on any atom is -0.465 e. The average molecular weight is 647 g/mol. The van der Waals surface area contributed by atoms with Crippen molar-refractivity contribution in [3.05, 3.63) is 0 Å². The molecule has 0 N–H and O–H groups in total. The number of rotatable bonds is 6. The van der Waals surface area contributed by atoms with Crippen molar-refractivity contribution in [2.24, 2.45) is 11.8 Å². The van der Waals surface area contributed by atoms with Crippen LogP contribution in [0.15, 0.2) is 0 Å². The van der Waals surface area contributed by atoms with E-state index in [1.165, 1.54) is 0 Å². The smallest absolute Gasteiger partial charge is 0.310 e. The molecule has 2 aliphatic carbocycles. The zero-order chi connectivity index (χ0) is 31.5. The lowest BCUT2D eigenvalue weighted by Crippen LogP contribution is -2.49. The number of hydrogen-bond acceptors (Lipinski definition) is 11. The molecule has 11 unspecified atom stereocenters. The molecule has 0 aromatic rings. The zero-order valence-corrected chi connectivity index (χ0v) is 27.9. The fraction of sp³-hybridized carbons (Fsp3) is 0.938. The van der Waals surface area contributed by atoms with Crippen molar-refractivity contribution in [1.29, 1.82) is 0 Å². The third kappa shape index (κ3) is 9.73. The molecular weight excluding hydrogens is 592 g/mol. The summed E-state index contributed by atoms with van der Waals surface area (Å²) in [5, 5.41) is -0.514.